The molecule has 116 valence electrons. The van der Waals surface area contributed by atoms with Gasteiger partial charge in [0.25, 0.3) is 0 Å². The van der Waals surface area contributed by atoms with E-state index in [9.17, 15) is 4.79 Å². The number of benzene rings is 1. The SMILES string of the molecule is C=CCOC(=O)C(C#N)=Cc1ccc(-c2ccc(Cl)cc2Cl)o1. The molecule has 0 atom stereocenters. The quantitative estimate of drug-likeness (QED) is 0.334. The minimum absolute atomic E-state index is 0.0294. The van der Waals surface area contributed by atoms with E-state index >= 15 is 0 Å². The average molecular weight is 348 g/mol. The van der Waals surface area contributed by atoms with E-state index in [4.69, 9.17) is 37.6 Å². The molecule has 0 aliphatic rings. The van der Waals surface area contributed by atoms with Crippen LogP contribution in [0.25, 0.3) is 17.4 Å². The number of ether oxygens (including phenoxy) is 1. The summed E-state index contributed by atoms with van der Waals surface area (Å²) in [6.07, 6.45) is 2.72. The fourth-order valence-corrected chi connectivity index (χ4v) is 2.26. The number of hydrogen-bond acceptors (Lipinski definition) is 4. The predicted octanol–water partition coefficient (Wildman–Crippen LogP) is 4.89. The summed E-state index contributed by atoms with van der Waals surface area (Å²) in [7, 11) is 0. The number of furan rings is 1. The molecule has 1 heterocycles. The third kappa shape index (κ3) is 4.26. The molecule has 0 fully saturated rings. The molecule has 0 spiro atoms. The van der Waals surface area contributed by atoms with Crippen LogP contribution >= 0.6 is 23.2 Å². The summed E-state index contributed by atoms with van der Waals surface area (Å²) >= 11 is 12.0. The zero-order chi connectivity index (χ0) is 16.8. The van der Waals surface area contributed by atoms with E-state index in [0.717, 1.165) is 0 Å². The Labute approximate surface area is 143 Å². The van der Waals surface area contributed by atoms with Crippen LogP contribution in [0.3, 0.4) is 0 Å². The topological polar surface area (TPSA) is 63.2 Å². The van der Waals surface area contributed by atoms with Crippen LogP contribution in [-0.4, -0.2) is 12.6 Å². The fourth-order valence-electron chi connectivity index (χ4n) is 1.76. The Morgan fingerprint density at radius 2 is 2.13 bits per heavy atom. The highest BCUT2D eigenvalue weighted by Crippen LogP contribution is 2.31. The second-order valence-corrected chi connectivity index (χ2v) is 5.23. The summed E-state index contributed by atoms with van der Waals surface area (Å²) in [6.45, 7) is 3.46. The molecule has 23 heavy (non-hydrogen) atoms. The molecule has 0 bridgehead atoms. The smallest absolute Gasteiger partial charge is 0.349 e. The summed E-state index contributed by atoms with van der Waals surface area (Å²) in [6, 6.07) is 10.1. The van der Waals surface area contributed by atoms with Crippen LogP contribution in [0.15, 0.2) is 53.0 Å². The molecular weight excluding hydrogens is 337 g/mol. The van der Waals surface area contributed by atoms with Crippen molar-refractivity contribution in [3.8, 4) is 17.4 Å². The first-order valence-electron chi connectivity index (χ1n) is 6.50. The second kappa shape index (κ2) is 7.68. The summed E-state index contributed by atoms with van der Waals surface area (Å²) in [5, 5.41) is 9.99. The molecule has 0 saturated carbocycles. The standard InChI is InChI=1S/C17H11Cl2NO3/c1-2-7-22-17(21)11(10-20)8-13-4-6-16(23-13)14-5-3-12(18)9-15(14)19/h2-6,8-9H,1,7H2. The van der Waals surface area contributed by atoms with Gasteiger partial charge >= 0.3 is 5.97 Å². The molecule has 0 amide bonds. The summed E-state index contributed by atoms with van der Waals surface area (Å²) < 4.78 is 10.4. The van der Waals surface area contributed by atoms with Gasteiger partial charge in [0.2, 0.25) is 0 Å². The van der Waals surface area contributed by atoms with E-state index in [0.29, 0.717) is 27.1 Å². The van der Waals surface area contributed by atoms with Gasteiger partial charge in [-0.2, -0.15) is 5.26 Å². The van der Waals surface area contributed by atoms with Gasteiger partial charge < -0.3 is 9.15 Å². The molecule has 0 unspecified atom stereocenters. The van der Waals surface area contributed by atoms with E-state index in [1.54, 1.807) is 36.4 Å². The molecule has 6 heteroatoms. The first-order valence-corrected chi connectivity index (χ1v) is 7.26. The number of rotatable bonds is 5. The number of carbonyl (C=O) groups is 1. The van der Waals surface area contributed by atoms with Crippen LogP contribution in [0.2, 0.25) is 10.0 Å². The number of esters is 1. The molecular formula is C17H11Cl2NO3. The lowest BCUT2D eigenvalue weighted by molar-refractivity contribution is -0.137. The van der Waals surface area contributed by atoms with E-state index in [1.807, 2.05) is 0 Å². The largest absolute Gasteiger partial charge is 0.457 e. The van der Waals surface area contributed by atoms with Crippen LogP contribution in [-0.2, 0) is 9.53 Å². The minimum atomic E-state index is -0.741. The van der Waals surface area contributed by atoms with Gasteiger partial charge in [-0.15, -0.1) is 0 Å². The highest BCUT2D eigenvalue weighted by Gasteiger charge is 2.13. The summed E-state index contributed by atoms with van der Waals surface area (Å²) in [4.78, 5) is 11.7. The van der Waals surface area contributed by atoms with Crippen molar-refractivity contribution in [2.24, 2.45) is 0 Å². The number of halogens is 2. The summed E-state index contributed by atoms with van der Waals surface area (Å²) in [5.74, 6) is 0.0858. The maximum absolute atomic E-state index is 11.7. The fraction of sp³-hybridized carbons (Fsp3) is 0.0588. The van der Waals surface area contributed by atoms with Gasteiger partial charge in [0, 0.05) is 16.7 Å². The van der Waals surface area contributed by atoms with Crippen LogP contribution in [0.1, 0.15) is 5.76 Å². The lowest BCUT2D eigenvalue weighted by Gasteiger charge is -2.01. The molecule has 1 aromatic heterocycles. The molecule has 0 saturated heterocycles. The maximum atomic E-state index is 11.7. The van der Waals surface area contributed by atoms with Crippen molar-refractivity contribution in [1.82, 2.24) is 0 Å². The molecule has 1 aromatic carbocycles. The Morgan fingerprint density at radius 1 is 1.35 bits per heavy atom. The number of nitrogens with zero attached hydrogens (tertiary/aromatic N) is 1. The van der Waals surface area contributed by atoms with Gasteiger partial charge in [-0.25, -0.2) is 4.79 Å². The third-order valence-electron chi connectivity index (χ3n) is 2.78. The first kappa shape index (κ1) is 16.9. The van der Waals surface area contributed by atoms with Crippen molar-refractivity contribution in [1.29, 1.82) is 5.26 Å². The lowest BCUT2D eigenvalue weighted by atomic mass is 10.2. The number of carbonyl (C=O) groups excluding carboxylic acids is 1. The second-order valence-electron chi connectivity index (χ2n) is 4.38. The van der Waals surface area contributed by atoms with Crippen molar-refractivity contribution < 1.29 is 13.9 Å². The van der Waals surface area contributed by atoms with Gasteiger partial charge in [0.15, 0.2) is 0 Å². The van der Waals surface area contributed by atoms with Gasteiger partial charge in [0.1, 0.15) is 29.8 Å². The van der Waals surface area contributed by atoms with Crippen LogP contribution in [0, 0.1) is 11.3 Å². The predicted molar refractivity (Wildman–Crippen MR) is 88.9 cm³/mol. The number of hydrogen-bond donors (Lipinski definition) is 0. The van der Waals surface area contributed by atoms with E-state index in [1.165, 1.54) is 12.2 Å². The van der Waals surface area contributed by atoms with Gasteiger partial charge in [-0.1, -0.05) is 35.9 Å². The van der Waals surface area contributed by atoms with Crippen molar-refractivity contribution in [2.75, 3.05) is 6.61 Å². The van der Waals surface area contributed by atoms with Crippen LogP contribution in [0.4, 0.5) is 0 Å². The van der Waals surface area contributed by atoms with Crippen molar-refractivity contribution in [3.05, 3.63) is 64.4 Å². The zero-order valence-corrected chi connectivity index (χ0v) is 13.4. The van der Waals surface area contributed by atoms with Gasteiger partial charge in [-0.05, 0) is 30.3 Å². The third-order valence-corrected chi connectivity index (χ3v) is 3.33. The van der Waals surface area contributed by atoms with Crippen LogP contribution < -0.4 is 0 Å². The lowest BCUT2D eigenvalue weighted by Crippen LogP contribution is -2.06. The minimum Gasteiger partial charge on any atom is -0.457 e. The molecule has 0 aliphatic heterocycles. The summed E-state index contributed by atoms with van der Waals surface area (Å²) in [5.41, 5.74) is 0.485. The highest BCUT2D eigenvalue weighted by atomic mass is 35.5. The Morgan fingerprint density at radius 3 is 2.78 bits per heavy atom. The molecule has 0 radical (unpaired) electrons. The first-order chi connectivity index (χ1) is 11.0. The van der Waals surface area contributed by atoms with E-state index in [2.05, 4.69) is 6.58 Å². The number of nitriles is 1. The molecule has 4 nitrogen and oxygen atoms in total. The molecule has 0 aliphatic carbocycles. The Bertz CT molecular complexity index is 815. The molecule has 0 N–H and O–H groups in total. The van der Waals surface area contributed by atoms with Crippen molar-refractivity contribution in [2.45, 2.75) is 0 Å². The average Bonchev–Trinajstić information content (AvgIpc) is 2.98. The zero-order valence-electron chi connectivity index (χ0n) is 11.9. The van der Waals surface area contributed by atoms with E-state index in [-0.39, 0.29) is 12.2 Å². The van der Waals surface area contributed by atoms with Gasteiger partial charge in [0.05, 0.1) is 5.02 Å². The Kier molecular flexibility index (Phi) is 5.64. The van der Waals surface area contributed by atoms with Crippen LogP contribution in [0.5, 0.6) is 0 Å². The highest BCUT2D eigenvalue weighted by molar-refractivity contribution is 6.36. The molecule has 2 aromatic rings. The Hall–Kier alpha value is -2.48. The van der Waals surface area contributed by atoms with E-state index < -0.39 is 5.97 Å². The normalized spacial score (nSPS) is 10.9. The maximum Gasteiger partial charge on any atom is 0.349 e. The monoisotopic (exact) mass is 347 g/mol. The molecule has 2 rings (SSSR count). The van der Waals surface area contributed by atoms with Crippen molar-refractivity contribution >= 4 is 35.2 Å². The van der Waals surface area contributed by atoms with Gasteiger partial charge in [-0.3, -0.25) is 0 Å². The Balaban J connectivity index is 2.27. The van der Waals surface area contributed by atoms with Crippen molar-refractivity contribution in [3.63, 3.8) is 0 Å².